The minimum absolute atomic E-state index is 0. The standard InChI is InChI=1S/C27H26N6O2.C26H24N6O2.C22H24N6O3.C21H18F3N5O2S.CH4/c1-35-27(34)18-12-10-17(11-13-18)26-32-23(24-25(28)29-15-30-33(24)26)21-14-19-8-5-9-20(22(19)31-21)16-6-3-2-4-7-16;27-24-23-22(20-13-18-7-4-8-19(21(18)30-20)15-5-2-1-3-6-15)31-25(32(23)29-14-28-24)16-9-11-17(12-10-16)26(33)34;1-2-31-16-5-3-4-14-10-15(26-17(14)16)18-19-20(23)24-11-25-28(19)21(27-18)12-6-8-13(9-7-12)22(29)30;22-21(23,24)13-3-1-2-12-8-14(32-17(12)13)15-16-18(25)26-9-27-29(16)19(28-15)10-4-6-11(7-5-10)20(30)31;/h2-9,14-15,17-18,31H,10-13H2,1H3,(H2,28,29,30);1-8,13-14,16-17,30H,9-12H2,(H,33,34)(H2,27,28,29);3-5,10-13,26H,2,6-9H2,1H3,(H,29,30)(H2,23,24,25);1-3,8-11H,4-7H2,(H,30,31)(H2,25,26,27);1H4. The second kappa shape index (κ2) is 37.0. The predicted molar refractivity (Wildman–Crippen MR) is 501 cm³/mol. The van der Waals surface area contributed by atoms with Crippen LogP contribution in [0.4, 0.5) is 36.4 Å². The summed E-state index contributed by atoms with van der Waals surface area (Å²) in [4.78, 5) is 93.6. The minimum atomic E-state index is -4.46. The summed E-state index contributed by atoms with van der Waals surface area (Å²) in [5.41, 5.74) is 39.4. The first-order chi connectivity index (χ1) is 64.0. The number of anilines is 4. The van der Waals surface area contributed by atoms with Gasteiger partial charge >= 0.3 is 30.1 Å². The number of methoxy groups -OCH3 is 1. The number of H-pyrrole nitrogens is 3. The number of hydrogen-bond donors (Lipinski definition) is 10. The molecule has 0 saturated heterocycles. The van der Waals surface area contributed by atoms with Gasteiger partial charge in [0, 0.05) is 55.7 Å². The van der Waals surface area contributed by atoms with Crippen molar-refractivity contribution in [3.05, 3.63) is 212 Å². The van der Waals surface area contributed by atoms with Crippen LogP contribution in [0.2, 0.25) is 0 Å². The fourth-order valence-corrected chi connectivity index (χ4v) is 20.7. The number of alkyl halides is 3. The Morgan fingerprint density at radius 3 is 1.11 bits per heavy atom. The Morgan fingerprint density at radius 1 is 0.421 bits per heavy atom. The van der Waals surface area contributed by atoms with Crippen LogP contribution in [0.3, 0.4) is 0 Å². The molecule has 0 bridgehead atoms. The van der Waals surface area contributed by atoms with E-state index in [0.717, 1.165) is 170 Å². The van der Waals surface area contributed by atoms with E-state index in [1.807, 2.05) is 72.1 Å². The summed E-state index contributed by atoms with van der Waals surface area (Å²) in [6, 6.07) is 51.0. The third-order valence-corrected chi connectivity index (χ3v) is 27.3. The van der Waals surface area contributed by atoms with Crippen LogP contribution in [0.5, 0.6) is 5.75 Å². The number of hydrogen-bond acceptors (Lipinski definition) is 23. The van der Waals surface area contributed by atoms with E-state index < -0.39 is 29.6 Å². The van der Waals surface area contributed by atoms with Crippen molar-refractivity contribution in [1.82, 2.24) is 93.3 Å². The number of aromatic amines is 3. The summed E-state index contributed by atoms with van der Waals surface area (Å²) < 4.78 is 58.3. The normalized spacial score (nSPS) is 18.7. The van der Waals surface area contributed by atoms with Gasteiger partial charge in [-0.1, -0.05) is 129 Å². The number of thiophene rings is 1. The molecule has 0 aliphatic heterocycles. The molecule has 32 nitrogen and oxygen atoms in total. The van der Waals surface area contributed by atoms with Crippen molar-refractivity contribution in [2.24, 2.45) is 23.7 Å². The van der Waals surface area contributed by atoms with Gasteiger partial charge in [0.15, 0.2) is 23.3 Å². The fourth-order valence-electron chi connectivity index (χ4n) is 19.5. The number of carbonyl (C=O) groups is 4. The zero-order chi connectivity index (χ0) is 91.3. The molecule has 133 heavy (non-hydrogen) atoms. The molecule has 14 N–H and O–H groups in total. The highest BCUT2D eigenvalue weighted by Gasteiger charge is 2.39. The number of carboxylic acid groups (broad SMARTS) is 3. The van der Waals surface area contributed by atoms with Crippen LogP contribution in [0, 0.1) is 23.7 Å². The Morgan fingerprint density at radius 2 is 0.752 bits per heavy atom. The van der Waals surface area contributed by atoms with Crippen molar-refractivity contribution >= 4 is 123 Å². The van der Waals surface area contributed by atoms with Gasteiger partial charge in [-0.25, -0.2) is 57.9 Å². The molecule has 680 valence electrons. The molecule has 12 aromatic heterocycles. The summed E-state index contributed by atoms with van der Waals surface area (Å²) in [7, 11) is 1.45. The minimum Gasteiger partial charge on any atom is -0.492 e. The molecule has 4 saturated carbocycles. The van der Waals surface area contributed by atoms with Gasteiger partial charge in [-0.2, -0.15) is 33.6 Å². The Hall–Kier alpha value is -15.2. The molecule has 0 unspecified atom stereocenters. The quantitative estimate of drug-likeness (QED) is 0.0402. The number of esters is 1. The molecular formula is C97H96F3N23O9S. The van der Waals surface area contributed by atoms with E-state index in [2.05, 4.69) is 128 Å². The first-order valence-electron chi connectivity index (χ1n) is 44.0. The van der Waals surface area contributed by atoms with Crippen molar-refractivity contribution < 1.29 is 57.1 Å². The first-order valence-corrected chi connectivity index (χ1v) is 44.8. The lowest BCUT2D eigenvalue weighted by Crippen LogP contribution is -2.23. The fraction of sp³-hybridized carbons (Fsp3) is 0.299. The molecule has 18 aromatic rings. The highest BCUT2D eigenvalue weighted by atomic mass is 32.1. The molecular weight excluding hydrogens is 1720 g/mol. The number of nitrogens with two attached hydrogens (primary N) is 4. The molecule has 0 spiro atoms. The summed E-state index contributed by atoms with van der Waals surface area (Å²) in [6.45, 7) is 2.53. The van der Waals surface area contributed by atoms with Gasteiger partial charge in [0.1, 0.15) is 99.2 Å². The Bertz CT molecular complexity index is 7390. The molecule has 6 aromatic carbocycles. The number of carboxylic acids is 3. The van der Waals surface area contributed by atoms with Crippen LogP contribution < -0.4 is 27.7 Å². The number of aliphatic carboxylic acids is 3. The number of aromatic nitrogens is 19. The van der Waals surface area contributed by atoms with E-state index in [-0.39, 0.29) is 71.3 Å². The summed E-state index contributed by atoms with van der Waals surface area (Å²) in [5.74, 6) is 2.20. The summed E-state index contributed by atoms with van der Waals surface area (Å²) in [5, 5.41) is 49.3. The highest BCUT2D eigenvalue weighted by Crippen LogP contribution is 2.48. The maximum atomic E-state index is 13.5. The molecule has 12 heterocycles. The molecule has 0 amide bonds. The summed E-state index contributed by atoms with van der Waals surface area (Å²) in [6.07, 6.45) is 12.3. The number of nitrogens with zero attached hydrogens (tertiary/aromatic N) is 16. The maximum absolute atomic E-state index is 13.5. The van der Waals surface area contributed by atoms with Crippen LogP contribution in [0.25, 0.3) is 132 Å². The number of imidazole rings is 4. The Kier molecular flexibility index (Phi) is 24.6. The first kappa shape index (κ1) is 88.4. The number of halogens is 3. The van der Waals surface area contributed by atoms with Crippen LogP contribution >= 0.6 is 11.3 Å². The molecule has 4 aliphatic carbocycles. The lowest BCUT2D eigenvalue weighted by Gasteiger charge is -2.25. The topological polar surface area (TPSA) is 471 Å². The number of nitrogen functional groups attached to an aromatic ring is 4. The van der Waals surface area contributed by atoms with Gasteiger partial charge in [-0.3, -0.25) is 19.2 Å². The van der Waals surface area contributed by atoms with Gasteiger partial charge in [0.2, 0.25) is 0 Å². The number of benzene rings is 6. The number of nitrogens with one attached hydrogen (secondary N) is 3. The third-order valence-electron chi connectivity index (χ3n) is 26.1. The van der Waals surface area contributed by atoms with Gasteiger partial charge < -0.3 is 62.7 Å². The highest BCUT2D eigenvalue weighted by molar-refractivity contribution is 7.22. The molecule has 22 rings (SSSR count). The van der Waals surface area contributed by atoms with Gasteiger partial charge in [0.05, 0.1) is 81.5 Å². The lowest BCUT2D eigenvalue weighted by molar-refractivity contribution is -0.147. The van der Waals surface area contributed by atoms with Crippen molar-refractivity contribution in [3.63, 3.8) is 0 Å². The van der Waals surface area contributed by atoms with E-state index in [9.17, 15) is 47.7 Å². The van der Waals surface area contributed by atoms with Crippen molar-refractivity contribution in [2.45, 2.75) is 147 Å². The SMILES string of the molecule is C.CCOc1cccc2cc(-c3nc(C4CCC(C(=O)O)CC4)n4ncnc(N)c34)[nH]c12.COC(=O)C1CCC(c2nc(-c3cc4cccc(-c5ccccc5)c4[nH]3)c3c(N)ncnn23)CC1.Nc1ncnn2c(C3CCC(C(=O)O)CC3)nc(-c3cc4cccc(-c5ccccc5)c4[nH]3)c12.Nc1ncnn2c(C3CCC(C(=O)O)CC3)nc(-c3cc4cccc(C(F)(F)F)c4s3)c12. The molecule has 4 fully saturated rings. The van der Waals surface area contributed by atoms with Gasteiger partial charge in [0.25, 0.3) is 0 Å². The van der Waals surface area contributed by atoms with Crippen LogP contribution in [-0.2, 0) is 30.1 Å². The number of ether oxygens (including phenoxy) is 2. The predicted octanol–water partition coefficient (Wildman–Crippen LogP) is 19.1. The van der Waals surface area contributed by atoms with Gasteiger partial charge in [-0.05, 0) is 163 Å². The number of fused-ring (bicyclic) bond motifs is 8. The van der Waals surface area contributed by atoms with E-state index in [1.165, 1.54) is 38.5 Å². The lowest BCUT2D eigenvalue weighted by atomic mass is 9.81. The summed E-state index contributed by atoms with van der Waals surface area (Å²) >= 11 is 1.01. The van der Waals surface area contributed by atoms with Crippen molar-refractivity contribution in [3.8, 4) is 72.7 Å². The molecule has 0 atom stereocenters. The van der Waals surface area contributed by atoms with Crippen molar-refractivity contribution in [1.29, 1.82) is 0 Å². The average molecular weight is 1820 g/mol. The number of para-hydroxylation sites is 3. The molecule has 36 heteroatoms. The maximum Gasteiger partial charge on any atom is 0.417 e. The Balaban J connectivity index is 0.000000119. The molecule has 0 radical (unpaired) electrons. The zero-order valence-electron chi connectivity index (χ0n) is 71.8. The smallest absolute Gasteiger partial charge is 0.417 e. The zero-order valence-corrected chi connectivity index (χ0v) is 72.6. The average Bonchev–Trinajstić information content (AvgIpc) is 1.61. The van der Waals surface area contributed by atoms with E-state index in [0.29, 0.717) is 131 Å². The van der Waals surface area contributed by atoms with E-state index >= 15 is 0 Å². The van der Waals surface area contributed by atoms with Gasteiger partial charge in [-0.15, -0.1) is 11.3 Å². The molecule has 4 aliphatic rings. The van der Waals surface area contributed by atoms with E-state index in [4.69, 9.17) is 52.3 Å². The Labute approximate surface area is 761 Å². The van der Waals surface area contributed by atoms with Crippen LogP contribution in [0.1, 0.15) is 170 Å². The second-order valence-corrected chi connectivity index (χ2v) is 35.0. The number of rotatable bonds is 16. The second-order valence-electron chi connectivity index (χ2n) is 33.9. The van der Waals surface area contributed by atoms with Crippen LogP contribution in [-0.4, -0.2) is 146 Å². The van der Waals surface area contributed by atoms with Crippen molar-refractivity contribution in [2.75, 3.05) is 36.7 Å². The van der Waals surface area contributed by atoms with E-state index in [1.54, 1.807) is 25.7 Å². The number of carbonyl (C=O) groups excluding carboxylic acids is 1. The third kappa shape index (κ3) is 17.1. The monoisotopic (exact) mass is 1820 g/mol. The van der Waals surface area contributed by atoms with Crippen LogP contribution in [0.15, 0.2) is 183 Å². The largest absolute Gasteiger partial charge is 0.492 e.